The molecule has 1 unspecified atom stereocenters. The standard InChI is InChI=1S/C30H30F7NO4S/c1-42-26(41)21-7-5-20(6-8-21)25(40)38-15-14-27(18-38,43-24-4-2-3-19(17-24)13-16-39)22-9-11-23(12-10-22)28(31,29(32,33)34)30(35,36)37/h2-4,9-12,16-17,20-21H,5-8,13-15,18H2,1H3/t20-,21-,27?. The number of rotatable bonds is 8. The van der Waals surface area contributed by atoms with E-state index in [0.717, 1.165) is 18.4 Å². The van der Waals surface area contributed by atoms with Gasteiger partial charge >= 0.3 is 24.0 Å². The molecular weight excluding hydrogens is 603 g/mol. The minimum absolute atomic E-state index is 0.101. The Kier molecular flexibility index (Phi) is 9.53. The first-order valence-electron chi connectivity index (χ1n) is 13.7. The van der Waals surface area contributed by atoms with Crippen LogP contribution in [0.5, 0.6) is 0 Å². The average molecular weight is 634 g/mol. The van der Waals surface area contributed by atoms with Crippen LogP contribution in [0.1, 0.15) is 48.8 Å². The van der Waals surface area contributed by atoms with Crippen molar-refractivity contribution in [3.63, 3.8) is 0 Å². The van der Waals surface area contributed by atoms with Gasteiger partial charge in [0, 0.05) is 35.9 Å². The first-order chi connectivity index (χ1) is 20.1. The van der Waals surface area contributed by atoms with Crippen LogP contribution in [0.2, 0.25) is 0 Å². The molecule has 43 heavy (non-hydrogen) atoms. The number of nitrogens with zero attached hydrogens (tertiary/aromatic N) is 1. The minimum Gasteiger partial charge on any atom is -0.469 e. The summed E-state index contributed by atoms with van der Waals surface area (Å²) in [5, 5.41) is 0. The van der Waals surface area contributed by atoms with Gasteiger partial charge in [-0.25, -0.2) is 4.39 Å². The lowest BCUT2D eigenvalue weighted by atomic mass is 9.81. The minimum atomic E-state index is -6.23. The van der Waals surface area contributed by atoms with E-state index in [4.69, 9.17) is 4.74 Å². The van der Waals surface area contributed by atoms with Crippen molar-refractivity contribution >= 4 is 29.9 Å². The molecule has 1 aliphatic carbocycles. The second kappa shape index (κ2) is 12.5. The number of likely N-dealkylation sites (tertiary alicyclic amines) is 1. The van der Waals surface area contributed by atoms with Crippen molar-refractivity contribution < 1.29 is 49.9 Å². The number of aldehydes is 1. The molecule has 0 bridgehead atoms. The van der Waals surface area contributed by atoms with Gasteiger partial charge in [0.2, 0.25) is 5.91 Å². The van der Waals surface area contributed by atoms with E-state index in [0.29, 0.717) is 60.3 Å². The van der Waals surface area contributed by atoms with Crippen LogP contribution in [0.25, 0.3) is 0 Å². The summed E-state index contributed by atoms with van der Waals surface area (Å²) in [6.45, 7) is 0.376. The van der Waals surface area contributed by atoms with Gasteiger partial charge in [-0.1, -0.05) is 36.4 Å². The molecule has 2 fully saturated rings. The van der Waals surface area contributed by atoms with Gasteiger partial charge in [-0.15, -0.1) is 11.8 Å². The highest BCUT2D eigenvalue weighted by Gasteiger charge is 2.73. The van der Waals surface area contributed by atoms with E-state index in [9.17, 15) is 45.1 Å². The first-order valence-corrected chi connectivity index (χ1v) is 14.5. The number of ether oxygens (including phenoxy) is 1. The van der Waals surface area contributed by atoms with Gasteiger partial charge in [0.15, 0.2) is 0 Å². The smallest absolute Gasteiger partial charge is 0.435 e. The normalized spacial score (nSPS) is 23.2. The number of amides is 1. The number of carbonyl (C=O) groups is 3. The predicted octanol–water partition coefficient (Wildman–Crippen LogP) is 6.92. The second-order valence-electron chi connectivity index (χ2n) is 10.9. The zero-order chi connectivity index (χ0) is 31.6. The molecule has 1 heterocycles. The predicted molar refractivity (Wildman–Crippen MR) is 144 cm³/mol. The van der Waals surface area contributed by atoms with E-state index in [2.05, 4.69) is 0 Å². The van der Waals surface area contributed by atoms with Crippen LogP contribution < -0.4 is 0 Å². The van der Waals surface area contributed by atoms with Crippen LogP contribution in [0.3, 0.4) is 0 Å². The van der Waals surface area contributed by atoms with E-state index in [1.165, 1.54) is 18.9 Å². The molecule has 1 atom stereocenters. The Morgan fingerprint density at radius 1 is 0.953 bits per heavy atom. The lowest BCUT2D eigenvalue weighted by Gasteiger charge is -2.33. The van der Waals surface area contributed by atoms with Gasteiger partial charge < -0.3 is 14.4 Å². The SMILES string of the molecule is COC(=O)[C@H]1CC[C@H](C(=O)N2CCC(Sc3cccc(CC=O)c3)(c3ccc(C(F)(C(F)(F)F)C(F)(F)F)cc3)C2)CC1. The van der Waals surface area contributed by atoms with Gasteiger partial charge in [-0.05, 0) is 55.4 Å². The largest absolute Gasteiger partial charge is 0.469 e. The highest BCUT2D eigenvalue weighted by molar-refractivity contribution is 8.00. The fourth-order valence-electron chi connectivity index (χ4n) is 5.90. The first kappa shape index (κ1) is 32.8. The zero-order valence-corrected chi connectivity index (χ0v) is 24.0. The van der Waals surface area contributed by atoms with E-state index in [1.807, 2.05) is 0 Å². The lowest BCUT2D eigenvalue weighted by molar-refractivity contribution is -0.348. The van der Waals surface area contributed by atoms with Crippen LogP contribution in [-0.4, -0.2) is 55.6 Å². The highest BCUT2D eigenvalue weighted by Crippen LogP contribution is 2.54. The monoisotopic (exact) mass is 633 g/mol. The number of carbonyl (C=O) groups excluding carboxylic acids is 3. The summed E-state index contributed by atoms with van der Waals surface area (Å²) in [6, 6.07) is 10.1. The van der Waals surface area contributed by atoms with E-state index >= 15 is 0 Å². The van der Waals surface area contributed by atoms with Crippen molar-refractivity contribution in [3.05, 3.63) is 65.2 Å². The summed E-state index contributed by atoms with van der Waals surface area (Å²) >= 11 is 1.28. The number of esters is 1. The van der Waals surface area contributed by atoms with Gasteiger partial charge in [0.05, 0.1) is 17.8 Å². The maximum atomic E-state index is 14.7. The molecule has 1 amide bonds. The van der Waals surface area contributed by atoms with Gasteiger partial charge in [-0.3, -0.25) is 9.59 Å². The molecule has 0 radical (unpaired) electrons. The summed E-state index contributed by atoms with van der Waals surface area (Å²) in [6.07, 6.45) is -9.34. The Hall–Kier alpha value is -3.09. The maximum absolute atomic E-state index is 14.7. The number of hydrogen-bond acceptors (Lipinski definition) is 5. The molecule has 0 spiro atoms. The van der Waals surface area contributed by atoms with Crippen LogP contribution in [0.4, 0.5) is 30.7 Å². The number of hydrogen-bond donors (Lipinski definition) is 0. The molecule has 0 aromatic heterocycles. The summed E-state index contributed by atoms with van der Waals surface area (Å²) in [4.78, 5) is 38.8. The molecule has 5 nitrogen and oxygen atoms in total. The number of methoxy groups -OCH3 is 1. The summed E-state index contributed by atoms with van der Waals surface area (Å²) in [5.41, 5.74) is -6.10. The van der Waals surface area contributed by atoms with Gasteiger partial charge in [0.25, 0.3) is 0 Å². The van der Waals surface area contributed by atoms with Crippen LogP contribution >= 0.6 is 11.8 Å². The van der Waals surface area contributed by atoms with Gasteiger partial charge in [-0.2, -0.15) is 26.3 Å². The molecule has 1 aliphatic heterocycles. The molecule has 0 N–H and O–H groups in total. The molecule has 2 aliphatic rings. The molecule has 13 heteroatoms. The summed E-state index contributed by atoms with van der Waals surface area (Å²) < 4.78 is 98.7. The fourth-order valence-corrected chi connectivity index (χ4v) is 7.37. The third kappa shape index (κ3) is 6.56. The van der Waals surface area contributed by atoms with E-state index < -0.39 is 28.3 Å². The van der Waals surface area contributed by atoms with Crippen molar-refractivity contribution in [3.8, 4) is 0 Å². The molecular formula is C30H30F7NO4S. The van der Waals surface area contributed by atoms with Crippen molar-refractivity contribution in [2.45, 2.75) is 66.2 Å². The Balaban J connectivity index is 1.65. The fraction of sp³-hybridized carbons (Fsp3) is 0.500. The summed E-state index contributed by atoms with van der Waals surface area (Å²) in [5.74, 6) is -1.09. The third-order valence-corrected chi connectivity index (χ3v) is 9.72. The zero-order valence-electron chi connectivity index (χ0n) is 23.1. The molecule has 2 aromatic carbocycles. The molecule has 4 rings (SSSR count). The average Bonchev–Trinajstić information content (AvgIpc) is 3.40. The number of benzene rings is 2. The Morgan fingerprint density at radius 3 is 2.12 bits per heavy atom. The van der Waals surface area contributed by atoms with E-state index in [1.54, 1.807) is 29.2 Å². The maximum Gasteiger partial charge on any atom is 0.435 e. The van der Waals surface area contributed by atoms with Gasteiger partial charge in [0.1, 0.15) is 6.29 Å². The van der Waals surface area contributed by atoms with Crippen molar-refractivity contribution in [2.75, 3.05) is 20.2 Å². The van der Waals surface area contributed by atoms with Crippen LogP contribution in [-0.2, 0) is 36.0 Å². The molecule has 1 saturated carbocycles. The van der Waals surface area contributed by atoms with E-state index in [-0.39, 0.29) is 43.2 Å². The Labute approximate surface area is 248 Å². The molecule has 1 saturated heterocycles. The Bertz CT molecular complexity index is 1310. The number of halogens is 7. The van der Waals surface area contributed by atoms with Crippen molar-refractivity contribution in [1.29, 1.82) is 0 Å². The van der Waals surface area contributed by atoms with Crippen LogP contribution in [0, 0.1) is 11.8 Å². The summed E-state index contributed by atoms with van der Waals surface area (Å²) in [7, 11) is 1.31. The van der Waals surface area contributed by atoms with Crippen molar-refractivity contribution in [2.24, 2.45) is 11.8 Å². The molecule has 234 valence electrons. The number of alkyl halides is 7. The second-order valence-corrected chi connectivity index (χ2v) is 12.4. The lowest BCUT2D eigenvalue weighted by Crippen LogP contribution is -2.50. The Morgan fingerprint density at radius 2 is 1.56 bits per heavy atom. The van der Waals surface area contributed by atoms with Crippen molar-refractivity contribution in [1.82, 2.24) is 4.90 Å². The van der Waals surface area contributed by atoms with Crippen LogP contribution in [0.15, 0.2) is 53.4 Å². The highest BCUT2D eigenvalue weighted by atomic mass is 32.2. The molecule has 2 aromatic rings. The third-order valence-electron chi connectivity index (χ3n) is 8.28. The number of thioether (sulfide) groups is 1. The quantitative estimate of drug-likeness (QED) is 0.180. The topological polar surface area (TPSA) is 63.7 Å².